The number of amidine groups is 1. The molecule has 0 bridgehead atoms. The summed E-state index contributed by atoms with van der Waals surface area (Å²) >= 11 is 0. The summed E-state index contributed by atoms with van der Waals surface area (Å²) in [7, 11) is 0. The summed E-state index contributed by atoms with van der Waals surface area (Å²) in [5, 5.41) is 11.7. The zero-order valence-corrected chi connectivity index (χ0v) is 10.1. The topological polar surface area (TPSA) is 89.3 Å². The van der Waals surface area contributed by atoms with Crippen LogP contribution in [0, 0.1) is 0 Å². The van der Waals surface area contributed by atoms with Gasteiger partial charge in [0.05, 0.1) is 0 Å². The van der Waals surface area contributed by atoms with E-state index in [0.717, 1.165) is 18.7 Å². The van der Waals surface area contributed by atoms with Gasteiger partial charge in [0, 0.05) is 30.6 Å². The second kappa shape index (κ2) is 5.31. The zero-order valence-electron chi connectivity index (χ0n) is 10.1. The van der Waals surface area contributed by atoms with E-state index in [-0.39, 0.29) is 5.84 Å². The summed E-state index contributed by atoms with van der Waals surface area (Å²) in [6.07, 6.45) is 7.10. The normalized spacial score (nSPS) is 11.7. The Morgan fingerprint density at radius 3 is 3.00 bits per heavy atom. The van der Waals surface area contributed by atoms with Crippen molar-refractivity contribution in [2.24, 2.45) is 10.9 Å². The summed E-state index contributed by atoms with van der Waals surface area (Å²) in [5.41, 5.74) is 6.18. The highest BCUT2D eigenvalue weighted by molar-refractivity contribution is 5.97. The molecule has 18 heavy (non-hydrogen) atoms. The zero-order chi connectivity index (χ0) is 13.0. The molecule has 0 saturated carbocycles. The minimum absolute atomic E-state index is 0.0656. The number of hydrogen-bond donors (Lipinski definition) is 2. The van der Waals surface area contributed by atoms with Crippen LogP contribution in [0.3, 0.4) is 0 Å². The molecule has 0 radical (unpaired) electrons. The summed E-state index contributed by atoms with van der Waals surface area (Å²) in [6.45, 7) is 2.10. The van der Waals surface area contributed by atoms with Gasteiger partial charge < -0.3 is 10.9 Å². The fourth-order valence-electron chi connectivity index (χ4n) is 1.72. The number of rotatable bonds is 4. The molecule has 94 valence electrons. The molecule has 2 aromatic heterocycles. The third-order valence-electron chi connectivity index (χ3n) is 2.59. The molecule has 0 aliphatic rings. The number of hydrogen-bond acceptors (Lipinski definition) is 4. The Balaban J connectivity index is 2.41. The van der Waals surface area contributed by atoms with E-state index in [1.807, 2.05) is 10.8 Å². The molecule has 0 fully saturated rings. The fraction of sp³-hybridized carbons (Fsp3) is 0.250. The molecular weight excluding hydrogens is 230 g/mol. The van der Waals surface area contributed by atoms with E-state index in [1.165, 1.54) is 0 Å². The van der Waals surface area contributed by atoms with Crippen molar-refractivity contribution in [1.29, 1.82) is 0 Å². The Bertz CT molecular complexity index is 561. The van der Waals surface area contributed by atoms with Crippen LogP contribution in [-0.2, 0) is 6.42 Å². The van der Waals surface area contributed by atoms with Gasteiger partial charge >= 0.3 is 0 Å². The van der Waals surface area contributed by atoms with Crippen LogP contribution in [-0.4, -0.2) is 25.6 Å². The van der Waals surface area contributed by atoms with Crippen molar-refractivity contribution in [3.8, 4) is 5.82 Å². The van der Waals surface area contributed by atoms with Crippen molar-refractivity contribution >= 4 is 5.84 Å². The number of oxime groups is 1. The maximum absolute atomic E-state index is 8.67. The second-order valence-corrected chi connectivity index (χ2v) is 3.85. The Hall–Kier alpha value is -2.37. The molecule has 0 amide bonds. The van der Waals surface area contributed by atoms with Crippen LogP contribution < -0.4 is 5.73 Å². The first kappa shape index (κ1) is 12.1. The van der Waals surface area contributed by atoms with E-state index in [0.29, 0.717) is 11.4 Å². The largest absolute Gasteiger partial charge is 0.409 e. The lowest BCUT2D eigenvalue weighted by Gasteiger charge is -2.07. The van der Waals surface area contributed by atoms with Crippen LogP contribution in [0.2, 0.25) is 0 Å². The predicted molar refractivity (Wildman–Crippen MR) is 67.9 cm³/mol. The Kier molecular flexibility index (Phi) is 3.57. The monoisotopic (exact) mass is 245 g/mol. The van der Waals surface area contributed by atoms with Crippen molar-refractivity contribution in [3.05, 3.63) is 42.1 Å². The Morgan fingerprint density at radius 2 is 2.28 bits per heavy atom. The van der Waals surface area contributed by atoms with Gasteiger partial charge in [-0.05, 0) is 18.6 Å². The molecule has 0 unspecified atom stereocenters. The van der Waals surface area contributed by atoms with Crippen molar-refractivity contribution in [2.45, 2.75) is 19.8 Å². The molecule has 0 aliphatic heterocycles. The van der Waals surface area contributed by atoms with Gasteiger partial charge in [-0.25, -0.2) is 9.97 Å². The van der Waals surface area contributed by atoms with Crippen LogP contribution in [0.4, 0.5) is 0 Å². The smallest absolute Gasteiger partial charge is 0.170 e. The molecule has 0 saturated heterocycles. The summed E-state index contributed by atoms with van der Waals surface area (Å²) in [4.78, 5) is 8.56. The molecule has 0 atom stereocenters. The predicted octanol–water partition coefficient (Wildman–Crippen LogP) is 1.31. The van der Waals surface area contributed by atoms with E-state index in [1.54, 1.807) is 24.5 Å². The van der Waals surface area contributed by atoms with E-state index in [4.69, 9.17) is 10.9 Å². The van der Waals surface area contributed by atoms with Gasteiger partial charge in [0.2, 0.25) is 0 Å². The van der Waals surface area contributed by atoms with Gasteiger partial charge in [-0.15, -0.1) is 0 Å². The average molecular weight is 245 g/mol. The molecule has 3 N–H and O–H groups in total. The molecule has 0 aromatic carbocycles. The lowest BCUT2D eigenvalue weighted by Crippen LogP contribution is -2.14. The van der Waals surface area contributed by atoms with Crippen molar-refractivity contribution < 1.29 is 5.21 Å². The first-order valence-corrected chi connectivity index (χ1v) is 5.72. The molecule has 2 heterocycles. The van der Waals surface area contributed by atoms with Crippen LogP contribution in [0.1, 0.15) is 24.7 Å². The van der Waals surface area contributed by atoms with Gasteiger partial charge in [-0.3, -0.25) is 4.57 Å². The van der Waals surface area contributed by atoms with Gasteiger partial charge in [-0.1, -0.05) is 12.1 Å². The number of nitrogens with zero attached hydrogens (tertiary/aromatic N) is 4. The molecule has 2 aromatic rings. The van der Waals surface area contributed by atoms with E-state index >= 15 is 0 Å². The van der Waals surface area contributed by atoms with Gasteiger partial charge in [0.15, 0.2) is 5.84 Å². The number of imidazole rings is 1. The number of pyridine rings is 1. The van der Waals surface area contributed by atoms with Crippen LogP contribution in [0.5, 0.6) is 0 Å². The Morgan fingerprint density at radius 1 is 1.44 bits per heavy atom. The third-order valence-corrected chi connectivity index (χ3v) is 2.59. The third kappa shape index (κ3) is 2.32. The molecule has 6 nitrogen and oxygen atoms in total. The fourth-order valence-corrected chi connectivity index (χ4v) is 1.72. The van der Waals surface area contributed by atoms with E-state index < -0.39 is 0 Å². The van der Waals surface area contributed by atoms with Gasteiger partial charge in [0.25, 0.3) is 0 Å². The molecule has 6 heteroatoms. The highest BCUT2D eigenvalue weighted by atomic mass is 16.4. The molecule has 0 aliphatic carbocycles. The molecule has 0 spiro atoms. The maximum Gasteiger partial charge on any atom is 0.170 e. The van der Waals surface area contributed by atoms with E-state index in [9.17, 15) is 0 Å². The van der Waals surface area contributed by atoms with Crippen LogP contribution >= 0.6 is 0 Å². The first-order valence-electron chi connectivity index (χ1n) is 5.72. The Labute approximate surface area is 105 Å². The SMILES string of the molecule is CCCc1nccn1-c1cc(/C(N)=N/O)ccn1. The van der Waals surface area contributed by atoms with Gasteiger partial charge in [0.1, 0.15) is 11.6 Å². The average Bonchev–Trinajstić information content (AvgIpc) is 2.87. The van der Waals surface area contributed by atoms with E-state index in [2.05, 4.69) is 22.0 Å². The van der Waals surface area contributed by atoms with Crippen LogP contribution in [0.25, 0.3) is 5.82 Å². The van der Waals surface area contributed by atoms with Crippen molar-refractivity contribution in [3.63, 3.8) is 0 Å². The second-order valence-electron chi connectivity index (χ2n) is 3.85. The highest BCUT2D eigenvalue weighted by Crippen LogP contribution is 2.11. The first-order chi connectivity index (χ1) is 8.76. The molecule has 2 rings (SSSR count). The number of aryl methyl sites for hydroxylation is 1. The van der Waals surface area contributed by atoms with Crippen molar-refractivity contribution in [2.75, 3.05) is 0 Å². The minimum Gasteiger partial charge on any atom is -0.409 e. The minimum atomic E-state index is 0.0656. The number of nitrogens with two attached hydrogens (primary N) is 1. The lowest BCUT2D eigenvalue weighted by molar-refractivity contribution is 0.318. The standard InChI is InChI=1S/C12H15N5O/c1-2-3-10-15-6-7-17(10)11-8-9(4-5-14-11)12(13)16-18/h4-8,18H,2-3H2,1H3,(H2,13,16). The highest BCUT2D eigenvalue weighted by Gasteiger charge is 2.07. The summed E-state index contributed by atoms with van der Waals surface area (Å²) in [5.74, 6) is 1.72. The quantitative estimate of drug-likeness (QED) is 0.368. The van der Waals surface area contributed by atoms with Gasteiger partial charge in [-0.2, -0.15) is 0 Å². The lowest BCUT2D eigenvalue weighted by atomic mass is 10.2. The number of aromatic nitrogens is 3. The van der Waals surface area contributed by atoms with Crippen LogP contribution in [0.15, 0.2) is 35.9 Å². The summed E-state index contributed by atoms with van der Waals surface area (Å²) < 4.78 is 1.90. The maximum atomic E-state index is 8.67. The van der Waals surface area contributed by atoms with Crippen molar-refractivity contribution in [1.82, 2.24) is 14.5 Å². The molecular formula is C12H15N5O. The summed E-state index contributed by atoms with van der Waals surface area (Å²) in [6, 6.07) is 3.45.